The zero-order chi connectivity index (χ0) is 34.4. The van der Waals surface area contributed by atoms with E-state index in [0.717, 1.165) is 29.0 Å². The van der Waals surface area contributed by atoms with Crippen LogP contribution in [0.3, 0.4) is 0 Å². The highest BCUT2D eigenvalue weighted by atomic mass is 19.1. The molecule has 2 aromatic carbocycles. The summed E-state index contributed by atoms with van der Waals surface area (Å²) in [5, 5.41) is 2.92. The van der Waals surface area contributed by atoms with Crippen molar-refractivity contribution >= 4 is 22.6 Å². The highest BCUT2D eigenvalue weighted by molar-refractivity contribution is 5.93. The van der Waals surface area contributed by atoms with Crippen molar-refractivity contribution in [2.45, 2.75) is 44.3 Å². The Labute approximate surface area is 278 Å². The molecule has 4 heterocycles. The first kappa shape index (κ1) is 32.0. The fourth-order valence-corrected chi connectivity index (χ4v) is 6.68. The van der Waals surface area contributed by atoms with E-state index in [-0.39, 0.29) is 28.6 Å². The number of halogens is 3. The topological polar surface area (TPSA) is 107 Å². The molecule has 6 aromatic rings. The molecule has 4 aromatic heterocycles. The molecule has 10 nitrogen and oxygen atoms in total. The number of pyridine rings is 2. The molecule has 13 heteroatoms. The summed E-state index contributed by atoms with van der Waals surface area (Å²) in [5.41, 5.74) is 2.00. The van der Waals surface area contributed by atoms with E-state index in [4.69, 9.17) is 0 Å². The van der Waals surface area contributed by atoms with E-state index in [1.807, 2.05) is 25.1 Å². The van der Waals surface area contributed by atoms with Gasteiger partial charge in [-0.3, -0.25) is 14.2 Å². The molecule has 0 atom stereocenters. The summed E-state index contributed by atoms with van der Waals surface area (Å²) in [6, 6.07) is 14.7. The van der Waals surface area contributed by atoms with Crippen molar-refractivity contribution in [3.63, 3.8) is 0 Å². The van der Waals surface area contributed by atoms with Crippen LogP contribution >= 0.6 is 0 Å². The number of benzene rings is 2. The molecule has 1 aliphatic rings. The van der Waals surface area contributed by atoms with Gasteiger partial charge in [-0.1, -0.05) is 18.2 Å². The second-order valence-electron chi connectivity index (χ2n) is 12.6. The van der Waals surface area contributed by atoms with Gasteiger partial charge >= 0.3 is 5.69 Å². The summed E-state index contributed by atoms with van der Waals surface area (Å²) in [6.07, 6.45) is 5.40. The van der Waals surface area contributed by atoms with E-state index in [9.17, 15) is 27.6 Å². The standard InChI is InChI=1S/C36H32F3N7O3/c1-43(2)18-22-14-23(37)6-12-29(22)21-4-3-5-28(15-21)45-33-30(16-25(39)17-40-33)35(48)46(36(45)49)27-10-8-26(9-11-27)41-34(47)31-20-44-19-24(38)7-13-32(44)42-31/h3-7,12-17,19-20,26-27H,8-11,18H2,1-2H3,(H,41,47). The normalized spacial score (nSPS) is 16.4. The number of imidazole rings is 1. The van der Waals surface area contributed by atoms with E-state index in [1.165, 1.54) is 50.2 Å². The van der Waals surface area contributed by atoms with Crippen molar-refractivity contribution in [3.8, 4) is 16.8 Å². The molecule has 0 spiro atoms. The van der Waals surface area contributed by atoms with Gasteiger partial charge in [-0.05, 0) is 98.9 Å². The summed E-state index contributed by atoms with van der Waals surface area (Å²) in [6.45, 7) is 0.480. The predicted octanol–water partition coefficient (Wildman–Crippen LogP) is 5.25. The Balaban J connectivity index is 1.21. The number of nitrogens with zero attached hydrogens (tertiary/aromatic N) is 6. The molecule has 1 fully saturated rings. The van der Waals surface area contributed by atoms with Crippen molar-refractivity contribution in [3.05, 3.63) is 129 Å². The molecule has 0 aliphatic heterocycles. The smallest absolute Gasteiger partial charge is 0.337 e. The molecule has 1 amide bonds. The maximum atomic E-state index is 14.5. The van der Waals surface area contributed by atoms with Gasteiger partial charge in [0.2, 0.25) is 0 Å². The number of rotatable bonds is 7. The molecule has 1 N–H and O–H groups in total. The zero-order valence-electron chi connectivity index (χ0n) is 26.7. The Morgan fingerprint density at radius 3 is 2.47 bits per heavy atom. The number of carbonyl (C=O) groups excluding carboxylic acids is 1. The third kappa shape index (κ3) is 6.24. The lowest BCUT2D eigenvalue weighted by Crippen LogP contribution is -2.45. The minimum absolute atomic E-state index is 0.0192. The van der Waals surface area contributed by atoms with Gasteiger partial charge in [0.15, 0.2) is 5.65 Å². The van der Waals surface area contributed by atoms with Crippen LogP contribution in [0.4, 0.5) is 13.2 Å². The monoisotopic (exact) mass is 667 g/mol. The Hall–Kier alpha value is -5.56. The van der Waals surface area contributed by atoms with Crippen LogP contribution in [0.15, 0.2) is 88.8 Å². The zero-order valence-corrected chi connectivity index (χ0v) is 26.7. The molecule has 250 valence electrons. The lowest BCUT2D eigenvalue weighted by Gasteiger charge is -2.30. The average Bonchev–Trinajstić information content (AvgIpc) is 3.49. The number of hydrogen-bond donors (Lipinski definition) is 1. The van der Waals surface area contributed by atoms with Crippen molar-refractivity contribution in [1.82, 2.24) is 33.7 Å². The lowest BCUT2D eigenvalue weighted by atomic mass is 9.90. The fourth-order valence-electron chi connectivity index (χ4n) is 6.68. The van der Waals surface area contributed by atoms with Gasteiger partial charge < -0.3 is 14.6 Å². The van der Waals surface area contributed by atoms with E-state index in [0.29, 0.717) is 43.6 Å². The molecule has 7 rings (SSSR count). The predicted molar refractivity (Wildman–Crippen MR) is 178 cm³/mol. The van der Waals surface area contributed by atoms with Gasteiger partial charge in [0.25, 0.3) is 11.5 Å². The maximum absolute atomic E-state index is 14.5. The van der Waals surface area contributed by atoms with Gasteiger partial charge in [0, 0.05) is 31.0 Å². The van der Waals surface area contributed by atoms with Crippen molar-refractivity contribution in [2.24, 2.45) is 0 Å². The largest absolute Gasteiger partial charge is 0.348 e. The Kier molecular flexibility index (Phi) is 8.37. The first-order chi connectivity index (χ1) is 23.5. The molecule has 0 bridgehead atoms. The number of amides is 1. The molecule has 1 saturated carbocycles. The van der Waals surface area contributed by atoms with Gasteiger partial charge in [-0.2, -0.15) is 0 Å². The highest BCUT2D eigenvalue weighted by Crippen LogP contribution is 2.30. The van der Waals surface area contributed by atoms with Crippen LogP contribution < -0.4 is 16.6 Å². The van der Waals surface area contributed by atoms with Gasteiger partial charge in [0.1, 0.15) is 28.8 Å². The van der Waals surface area contributed by atoms with Gasteiger partial charge in [0.05, 0.1) is 17.3 Å². The third-order valence-electron chi connectivity index (χ3n) is 8.91. The summed E-state index contributed by atoms with van der Waals surface area (Å²) < 4.78 is 46.2. The van der Waals surface area contributed by atoms with Crippen LogP contribution in [0.5, 0.6) is 0 Å². The molecular formula is C36H32F3N7O3. The van der Waals surface area contributed by atoms with Gasteiger partial charge in [-0.25, -0.2) is 32.5 Å². The van der Waals surface area contributed by atoms with Crippen LogP contribution in [0.2, 0.25) is 0 Å². The quantitative estimate of drug-likeness (QED) is 0.249. The van der Waals surface area contributed by atoms with Crippen LogP contribution in [0.1, 0.15) is 47.8 Å². The molecule has 0 radical (unpaired) electrons. The molecule has 0 unspecified atom stereocenters. The minimum atomic E-state index is -0.712. The number of fused-ring (bicyclic) bond motifs is 2. The van der Waals surface area contributed by atoms with Crippen LogP contribution in [0, 0.1) is 17.5 Å². The molecule has 49 heavy (non-hydrogen) atoms. The number of carbonyl (C=O) groups is 1. The summed E-state index contributed by atoms with van der Waals surface area (Å²) in [7, 11) is 3.77. The van der Waals surface area contributed by atoms with E-state index in [2.05, 4.69) is 15.3 Å². The van der Waals surface area contributed by atoms with Gasteiger partial charge in [-0.15, -0.1) is 0 Å². The molecular weight excluding hydrogens is 635 g/mol. The van der Waals surface area contributed by atoms with Crippen LogP contribution in [-0.4, -0.2) is 54.4 Å². The fraction of sp³-hybridized carbons (Fsp3) is 0.250. The number of nitrogens with one attached hydrogen (secondary N) is 1. The minimum Gasteiger partial charge on any atom is -0.348 e. The van der Waals surface area contributed by atoms with Crippen LogP contribution in [0.25, 0.3) is 33.5 Å². The number of hydrogen-bond acceptors (Lipinski definition) is 6. The van der Waals surface area contributed by atoms with E-state index >= 15 is 0 Å². The van der Waals surface area contributed by atoms with E-state index < -0.39 is 34.8 Å². The SMILES string of the molecule is CN(C)Cc1cc(F)ccc1-c1cccc(-n2c(=O)n(C3CCC(NC(=O)c4cn5cc(F)ccc5n4)CC3)c(=O)c3cc(F)cnc32)c1. The summed E-state index contributed by atoms with van der Waals surface area (Å²) >= 11 is 0. The van der Waals surface area contributed by atoms with Crippen molar-refractivity contribution in [2.75, 3.05) is 14.1 Å². The first-order valence-corrected chi connectivity index (χ1v) is 15.9. The summed E-state index contributed by atoms with van der Waals surface area (Å²) in [5.74, 6) is -1.94. The summed E-state index contributed by atoms with van der Waals surface area (Å²) in [4.78, 5) is 51.4. The highest BCUT2D eigenvalue weighted by Gasteiger charge is 2.29. The Morgan fingerprint density at radius 2 is 1.69 bits per heavy atom. The van der Waals surface area contributed by atoms with Crippen LogP contribution in [-0.2, 0) is 6.54 Å². The van der Waals surface area contributed by atoms with Crippen molar-refractivity contribution < 1.29 is 18.0 Å². The Bertz CT molecular complexity index is 2360. The first-order valence-electron chi connectivity index (χ1n) is 15.9. The second kappa shape index (κ2) is 12.8. The molecule has 1 aliphatic carbocycles. The third-order valence-corrected chi connectivity index (χ3v) is 8.91. The number of aromatic nitrogens is 5. The lowest BCUT2D eigenvalue weighted by molar-refractivity contribution is 0.0917. The van der Waals surface area contributed by atoms with Crippen molar-refractivity contribution in [1.29, 1.82) is 0 Å². The maximum Gasteiger partial charge on any atom is 0.337 e. The molecule has 0 saturated heterocycles. The Morgan fingerprint density at radius 1 is 0.918 bits per heavy atom. The average molecular weight is 668 g/mol. The second-order valence-corrected chi connectivity index (χ2v) is 12.6. The van der Waals surface area contributed by atoms with E-state index in [1.54, 1.807) is 24.3 Å².